The fraction of sp³-hybridized carbons (Fsp3) is 0.233. The molecule has 10 heteroatoms. The largest absolute Gasteiger partial charge is 0.496 e. The van der Waals surface area contributed by atoms with Gasteiger partial charge in [-0.1, -0.05) is 64.3 Å². The van der Waals surface area contributed by atoms with Gasteiger partial charge in [0.2, 0.25) is 0 Å². The Morgan fingerprint density at radius 2 is 1.95 bits per heavy atom. The van der Waals surface area contributed by atoms with Gasteiger partial charge in [-0.3, -0.25) is 9.36 Å². The van der Waals surface area contributed by atoms with Gasteiger partial charge >= 0.3 is 5.97 Å². The van der Waals surface area contributed by atoms with Crippen molar-refractivity contribution in [2.24, 2.45) is 4.99 Å². The topological polar surface area (TPSA) is 83.0 Å². The Morgan fingerprint density at radius 3 is 2.65 bits per heavy atom. The smallest absolute Gasteiger partial charge is 0.338 e. The molecular formula is C30H26BrClN2O5S. The van der Waals surface area contributed by atoms with Crippen LogP contribution in [-0.2, 0) is 9.53 Å². The molecule has 0 amide bonds. The highest BCUT2D eigenvalue weighted by Gasteiger charge is 2.36. The second kappa shape index (κ2) is 12.0. The van der Waals surface area contributed by atoms with Crippen LogP contribution in [0.25, 0.3) is 17.4 Å². The third-order valence-corrected chi connectivity index (χ3v) is 8.15. The number of fused-ring (bicyclic) bond motifs is 1. The lowest BCUT2D eigenvalue weighted by Gasteiger charge is -2.27. The first kappa shape index (κ1) is 28.1. The molecule has 206 valence electrons. The molecule has 3 heterocycles. The predicted octanol–water partition coefficient (Wildman–Crippen LogP) is 6.26. The number of aromatic nitrogens is 1. The van der Waals surface area contributed by atoms with Crippen LogP contribution in [0.1, 0.15) is 44.1 Å². The molecule has 0 radical (unpaired) electrons. The number of benzene rings is 2. The number of carbonyl (C=O) groups is 1. The van der Waals surface area contributed by atoms with E-state index in [9.17, 15) is 9.59 Å². The molecule has 5 rings (SSSR count). The summed E-state index contributed by atoms with van der Waals surface area (Å²) in [4.78, 5) is 32.6. The van der Waals surface area contributed by atoms with Crippen LogP contribution in [0.5, 0.6) is 5.75 Å². The minimum Gasteiger partial charge on any atom is -0.496 e. The van der Waals surface area contributed by atoms with Crippen molar-refractivity contribution < 1.29 is 18.7 Å². The van der Waals surface area contributed by atoms with Gasteiger partial charge in [0.25, 0.3) is 5.56 Å². The number of hydrogen-bond acceptors (Lipinski definition) is 7. The average Bonchev–Trinajstić information content (AvgIpc) is 3.53. The first-order chi connectivity index (χ1) is 19.3. The van der Waals surface area contributed by atoms with E-state index in [4.69, 9.17) is 30.5 Å². The summed E-state index contributed by atoms with van der Waals surface area (Å²) in [7, 11) is 1.54. The molecule has 0 aliphatic carbocycles. The highest BCUT2D eigenvalue weighted by atomic mass is 79.9. The van der Waals surface area contributed by atoms with Gasteiger partial charge in [0, 0.05) is 26.7 Å². The first-order valence-corrected chi connectivity index (χ1v) is 14.7. The Morgan fingerprint density at radius 1 is 1.18 bits per heavy atom. The molecule has 1 aliphatic rings. The van der Waals surface area contributed by atoms with Crippen LogP contribution < -0.4 is 19.6 Å². The zero-order valence-corrected chi connectivity index (χ0v) is 25.2. The number of hydrogen-bond donors (Lipinski definition) is 0. The number of halogens is 2. The van der Waals surface area contributed by atoms with Crippen molar-refractivity contribution in [3.8, 4) is 17.1 Å². The van der Waals surface area contributed by atoms with Crippen molar-refractivity contribution in [2.45, 2.75) is 32.7 Å². The molecule has 2 aromatic heterocycles. The van der Waals surface area contributed by atoms with Crippen molar-refractivity contribution in [1.82, 2.24) is 4.57 Å². The molecule has 0 spiro atoms. The Balaban J connectivity index is 1.71. The summed E-state index contributed by atoms with van der Waals surface area (Å²) in [5.41, 5.74) is 2.06. The van der Waals surface area contributed by atoms with Crippen LogP contribution in [-0.4, -0.2) is 24.3 Å². The van der Waals surface area contributed by atoms with Crippen molar-refractivity contribution in [3.63, 3.8) is 0 Å². The maximum Gasteiger partial charge on any atom is 0.338 e. The van der Waals surface area contributed by atoms with Crippen LogP contribution in [0.4, 0.5) is 0 Å². The number of thiazole rings is 1. The molecule has 2 aromatic carbocycles. The van der Waals surface area contributed by atoms with Crippen LogP contribution in [0, 0.1) is 0 Å². The molecule has 0 unspecified atom stereocenters. The van der Waals surface area contributed by atoms with Gasteiger partial charge in [0.15, 0.2) is 4.80 Å². The van der Waals surface area contributed by atoms with E-state index in [2.05, 4.69) is 15.9 Å². The zero-order valence-electron chi connectivity index (χ0n) is 22.1. The van der Waals surface area contributed by atoms with E-state index in [1.165, 1.54) is 23.0 Å². The normalized spacial score (nSPS) is 15.1. The summed E-state index contributed by atoms with van der Waals surface area (Å²) in [5, 5.41) is 0.450. The van der Waals surface area contributed by atoms with E-state index in [0.717, 1.165) is 16.5 Å². The van der Waals surface area contributed by atoms with Crippen molar-refractivity contribution in [3.05, 3.63) is 106 Å². The first-order valence-electron chi connectivity index (χ1n) is 12.8. The Kier molecular flexibility index (Phi) is 8.44. The van der Waals surface area contributed by atoms with Gasteiger partial charge in [-0.05, 0) is 55.8 Å². The number of esters is 1. The summed E-state index contributed by atoms with van der Waals surface area (Å²) in [6.45, 7) is 3.94. The van der Waals surface area contributed by atoms with Crippen LogP contribution in [0.2, 0.25) is 5.02 Å². The summed E-state index contributed by atoms with van der Waals surface area (Å²) in [6.07, 6.45) is 2.99. The van der Waals surface area contributed by atoms with Gasteiger partial charge in [-0.15, -0.1) is 0 Å². The monoisotopic (exact) mass is 640 g/mol. The molecule has 0 bridgehead atoms. The lowest BCUT2D eigenvalue weighted by Crippen LogP contribution is -2.40. The van der Waals surface area contributed by atoms with Crippen molar-refractivity contribution in [2.75, 3.05) is 13.7 Å². The van der Waals surface area contributed by atoms with E-state index in [1.54, 1.807) is 31.2 Å². The van der Waals surface area contributed by atoms with Crippen LogP contribution in [0.15, 0.2) is 84.5 Å². The molecule has 0 fully saturated rings. The van der Waals surface area contributed by atoms with Gasteiger partial charge in [0.1, 0.15) is 23.3 Å². The molecule has 0 N–H and O–H groups in total. The highest BCUT2D eigenvalue weighted by Crippen LogP contribution is 2.38. The fourth-order valence-electron chi connectivity index (χ4n) is 4.66. The minimum absolute atomic E-state index is 0.185. The van der Waals surface area contributed by atoms with Gasteiger partial charge < -0.3 is 13.9 Å². The predicted molar refractivity (Wildman–Crippen MR) is 159 cm³/mol. The maximum absolute atomic E-state index is 14.0. The zero-order chi connectivity index (χ0) is 28.4. The lowest BCUT2D eigenvalue weighted by atomic mass is 9.93. The summed E-state index contributed by atoms with van der Waals surface area (Å²) in [6, 6.07) is 15.8. The van der Waals surface area contributed by atoms with E-state index >= 15 is 0 Å². The molecule has 1 aliphatic heterocycles. The standard InChI is InChI=1S/C30H26BrClN2O5S/c1-4-6-22-26(29(36)38-5-2)27(21-15-19(32)11-13-24(21)37-3)34-28(35)25(40-30(34)33-22)16-20-12-14-23(39-20)17-7-9-18(31)10-8-17/h7-16,27H,4-6H2,1-3H3/b25-16+/t27-/m1/s1. The lowest BCUT2D eigenvalue weighted by molar-refractivity contribution is -0.139. The third kappa shape index (κ3) is 5.46. The summed E-state index contributed by atoms with van der Waals surface area (Å²) in [5.74, 6) is 1.18. The molecule has 4 aromatic rings. The number of rotatable bonds is 8. The molecule has 40 heavy (non-hydrogen) atoms. The molecular weight excluding hydrogens is 616 g/mol. The Labute approximate surface area is 248 Å². The Hall–Kier alpha value is -3.40. The second-order valence-corrected chi connectivity index (χ2v) is 11.4. The molecule has 1 atom stereocenters. The number of methoxy groups -OCH3 is 1. The Bertz CT molecular complexity index is 1790. The van der Waals surface area contributed by atoms with E-state index in [-0.39, 0.29) is 12.2 Å². The highest BCUT2D eigenvalue weighted by molar-refractivity contribution is 9.10. The van der Waals surface area contributed by atoms with E-state index in [1.807, 2.05) is 43.3 Å². The van der Waals surface area contributed by atoms with Crippen molar-refractivity contribution in [1.29, 1.82) is 0 Å². The summed E-state index contributed by atoms with van der Waals surface area (Å²) >= 11 is 11.1. The number of ether oxygens (including phenoxy) is 2. The van der Waals surface area contributed by atoms with Gasteiger partial charge in [0.05, 0.1) is 29.5 Å². The number of nitrogens with zero attached hydrogens (tertiary/aromatic N) is 2. The van der Waals surface area contributed by atoms with E-state index < -0.39 is 12.0 Å². The number of allylic oxidation sites excluding steroid dienone is 1. The average molecular weight is 642 g/mol. The number of carbonyl (C=O) groups excluding carboxylic acids is 1. The SMILES string of the molecule is CCCC1=C(C(=O)OCC)[C@@H](c2cc(Cl)ccc2OC)n2c(s/c(=C/c3ccc(-c4ccc(Br)cc4)o3)c2=O)=N1. The maximum atomic E-state index is 14.0. The fourth-order valence-corrected chi connectivity index (χ4v) is 6.11. The van der Waals surface area contributed by atoms with Gasteiger partial charge in [-0.2, -0.15) is 0 Å². The summed E-state index contributed by atoms with van der Waals surface area (Å²) < 4.78 is 20.1. The third-order valence-electron chi connectivity index (χ3n) is 6.41. The molecule has 0 saturated heterocycles. The quantitative estimate of drug-likeness (QED) is 0.212. The van der Waals surface area contributed by atoms with E-state index in [0.29, 0.717) is 54.9 Å². The van der Waals surface area contributed by atoms with Crippen molar-refractivity contribution >= 4 is 50.9 Å². The van der Waals surface area contributed by atoms with Gasteiger partial charge in [-0.25, -0.2) is 9.79 Å². The molecule has 0 saturated carbocycles. The minimum atomic E-state index is -0.831. The number of furan rings is 1. The van der Waals surface area contributed by atoms with Crippen LogP contribution >= 0.6 is 38.9 Å². The van der Waals surface area contributed by atoms with Crippen LogP contribution in [0.3, 0.4) is 0 Å². The second-order valence-electron chi connectivity index (χ2n) is 9.01. The molecule has 7 nitrogen and oxygen atoms in total.